The second-order valence-electron chi connectivity index (χ2n) is 5.11. The zero-order valence-corrected chi connectivity index (χ0v) is 12.3. The zero-order valence-electron chi connectivity index (χ0n) is 11.5. The molecular weight excluding hydrogens is 274 g/mol. The van der Waals surface area contributed by atoms with Crippen LogP contribution in [-0.2, 0) is 9.59 Å². The largest absolute Gasteiger partial charge is 0.481 e. The minimum Gasteiger partial charge on any atom is -0.481 e. The van der Waals surface area contributed by atoms with Crippen LogP contribution in [0.25, 0.3) is 0 Å². The lowest BCUT2D eigenvalue weighted by molar-refractivity contribution is -0.146. The van der Waals surface area contributed by atoms with E-state index in [1.807, 2.05) is 37.3 Å². The summed E-state index contributed by atoms with van der Waals surface area (Å²) in [6, 6.07) is 9.90. The molecule has 20 heavy (non-hydrogen) atoms. The highest BCUT2D eigenvalue weighted by Crippen LogP contribution is 2.24. The number of hydrogen-bond donors (Lipinski definition) is 1. The number of benzene rings is 1. The average molecular weight is 293 g/mol. The van der Waals surface area contributed by atoms with Crippen LogP contribution in [0, 0.1) is 5.92 Å². The highest BCUT2D eigenvalue weighted by Gasteiger charge is 2.32. The molecule has 2 atom stereocenters. The Morgan fingerprint density at radius 1 is 1.30 bits per heavy atom. The van der Waals surface area contributed by atoms with Gasteiger partial charge in [0.2, 0.25) is 5.91 Å². The molecule has 1 saturated heterocycles. The molecule has 1 fully saturated rings. The molecule has 1 aromatic carbocycles. The second-order valence-corrected chi connectivity index (χ2v) is 6.16. The van der Waals surface area contributed by atoms with Crippen molar-refractivity contribution >= 4 is 23.6 Å². The summed E-state index contributed by atoms with van der Waals surface area (Å²) in [7, 11) is 0. The van der Waals surface area contributed by atoms with E-state index in [1.54, 1.807) is 4.90 Å². The molecule has 0 radical (unpaired) electrons. The fourth-order valence-corrected chi connectivity index (χ4v) is 3.21. The minimum atomic E-state index is -0.801. The zero-order chi connectivity index (χ0) is 14.5. The molecule has 1 amide bonds. The lowest BCUT2D eigenvalue weighted by atomic mass is 9.93. The molecule has 2 rings (SSSR count). The van der Waals surface area contributed by atoms with E-state index in [-0.39, 0.29) is 11.9 Å². The van der Waals surface area contributed by atoms with E-state index in [0.29, 0.717) is 18.7 Å². The van der Waals surface area contributed by atoms with Crippen LogP contribution < -0.4 is 0 Å². The van der Waals surface area contributed by atoms with Gasteiger partial charge in [-0.1, -0.05) is 18.2 Å². The van der Waals surface area contributed by atoms with Crippen molar-refractivity contribution in [2.45, 2.75) is 30.7 Å². The summed E-state index contributed by atoms with van der Waals surface area (Å²) in [6.45, 7) is 2.33. The molecule has 0 aliphatic carbocycles. The number of hydrogen-bond acceptors (Lipinski definition) is 3. The maximum Gasteiger partial charge on any atom is 0.308 e. The number of likely N-dealkylation sites (tertiary alicyclic amines) is 1. The first-order valence-corrected chi connectivity index (χ1v) is 7.76. The average Bonchev–Trinajstić information content (AvgIpc) is 2.46. The summed E-state index contributed by atoms with van der Waals surface area (Å²) in [4.78, 5) is 26.1. The predicted octanol–water partition coefficient (Wildman–Crippen LogP) is 2.49. The summed E-state index contributed by atoms with van der Waals surface area (Å²) in [6.07, 6.45) is 1.42. The molecule has 1 aromatic rings. The summed E-state index contributed by atoms with van der Waals surface area (Å²) < 4.78 is 0. The normalized spacial score (nSPS) is 22.6. The van der Waals surface area contributed by atoms with Gasteiger partial charge in [0.15, 0.2) is 0 Å². The van der Waals surface area contributed by atoms with E-state index in [2.05, 4.69) is 0 Å². The van der Waals surface area contributed by atoms with E-state index < -0.39 is 11.9 Å². The van der Waals surface area contributed by atoms with Crippen LogP contribution in [0.15, 0.2) is 35.2 Å². The smallest absolute Gasteiger partial charge is 0.308 e. The first-order valence-electron chi connectivity index (χ1n) is 6.78. The number of carbonyl (C=O) groups is 2. The Balaban J connectivity index is 1.91. The molecule has 1 aliphatic heterocycles. The second kappa shape index (κ2) is 6.79. The van der Waals surface area contributed by atoms with Gasteiger partial charge in [-0.25, -0.2) is 0 Å². The number of piperidine rings is 1. The van der Waals surface area contributed by atoms with Crippen molar-refractivity contribution in [3.8, 4) is 0 Å². The minimum absolute atomic E-state index is 0.0253. The molecule has 1 heterocycles. The predicted molar refractivity (Wildman–Crippen MR) is 78.7 cm³/mol. The van der Waals surface area contributed by atoms with Gasteiger partial charge < -0.3 is 10.0 Å². The SMILES string of the molecule is CC1CCC(C(=O)O)CN1C(=O)CSc1ccccc1. The van der Waals surface area contributed by atoms with Crippen LogP contribution in [0.3, 0.4) is 0 Å². The third kappa shape index (κ3) is 3.76. The molecule has 1 N–H and O–H groups in total. The van der Waals surface area contributed by atoms with Gasteiger partial charge in [0.05, 0.1) is 11.7 Å². The van der Waals surface area contributed by atoms with Gasteiger partial charge in [0, 0.05) is 17.5 Å². The number of nitrogens with zero attached hydrogens (tertiary/aromatic N) is 1. The number of thioether (sulfide) groups is 1. The Morgan fingerprint density at radius 2 is 2.00 bits per heavy atom. The van der Waals surface area contributed by atoms with E-state index in [9.17, 15) is 9.59 Å². The number of carboxylic acid groups (broad SMARTS) is 1. The maximum absolute atomic E-state index is 12.3. The van der Waals surface area contributed by atoms with Crippen LogP contribution in [0.5, 0.6) is 0 Å². The number of carbonyl (C=O) groups excluding carboxylic acids is 1. The number of rotatable bonds is 4. The molecular formula is C15H19NO3S. The first-order chi connectivity index (χ1) is 9.58. The standard InChI is InChI=1S/C15H19NO3S/c1-11-7-8-12(15(18)19)9-16(11)14(17)10-20-13-5-3-2-4-6-13/h2-6,11-12H,7-10H2,1H3,(H,18,19). The van der Waals surface area contributed by atoms with Gasteiger partial charge in [-0.3, -0.25) is 9.59 Å². The molecule has 1 aliphatic rings. The van der Waals surface area contributed by atoms with Crippen LogP contribution in [0.2, 0.25) is 0 Å². The fraction of sp³-hybridized carbons (Fsp3) is 0.467. The Hall–Kier alpha value is -1.49. The van der Waals surface area contributed by atoms with Crippen molar-refractivity contribution in [3.63, 3.8) is 0 Å². The van der Waals surface area contributed by atoms with Gasteiger partial charge in [0.25, 0.3) is 0 Å². The number of amides is 1. The monoisotopic (exact) mass is 293 g/mol. The van der Waals surface area contributed by atoms with E-state index in [4.69, 9.17) is 5.11 Å². The van der Waals surface area contributed by atoms with Crippen molar-refractivity contribution in [2.75, 3.05) is 12.3 Å². The van der Waals surface area contributed by atoms with E-state index in [1.165, 1.54) is 11.8 Å². The van der Waals surface area contributed by atoms with Crippen molar-refractivity contribution in [1.82, 2.24) is 4.90 Å². The first kappa shape index (κ1) is 14.9. The molecule has 0 saturated carbocycles. The van der Waals surface area contributed by atoms with E-state index in [0.717, 1.165) is 11.3 Å². The molecule has 5 heteroatoms. The topological polar surface area (TPSA) is 57.6 Å². The van der Waals surface area contributed by atoms with Gasteiger partial charge in [-0.05, 0) is 31.9 Å². The van der Waals surface area contributed by atoms with E-state index >= 15 is 0 Å². The third-order valence-corrected chi connectivity index (χ3v) is 4.65. The highest BCUT2D eigenvalue weighted by atomic mass is 32.2. The molecule has 2 unspecified atom stereocenters. The van der Waals surface area contributed by atoms with Crippen molar-refractivity contribution in [2.24, 2.45) is 5.92 Å². The summed E-state index contributed by atoms with van der Waals surface area (Å²) in [5, 5.41) is 9.09. The lowest BCUT2D eigenvalue weighted by Gasteiger charge is -2.36. The fourth-order valence-electron chi connectivity index (χ4n) is 2.40. The Kier molecular flexibility index (Phi) is 5.06. The number of aliphatic carboxylic acids is 1. The maximum atomic E-state index is 12.3. The lowest BCUT2D eigenvalue weighted by Crippen LogP contribution is -2.48. The van der Waals surface area contributed by atoms with Crippen LogP contribution in [0.1, 0.15) is 19.8 Å². The Bertz CT molecular complexity index is 477. The van der Waals surface area contributed by atoms with Gasteiger partial charge in [-0.2, -0.15) is 0 Å². The van der Waals surface area contributed by atoms with Crippen LogP contribution in [-0.4, -0.2) is 40.2 Å². The molecule has 0 bridgehead atoms. The van der Waals surface area contributed by atoms with Crippen molar-refractivity contribution in [3.05, 3.63) is 30.3 Å². The summed E-state index contributed by atoms with van der Waals surface area (Å²) in [5.41, 5.74) is 0. The number of carboxylic acids is 1. The van der Waals surface area contributed by atoms with Crippen LogP contribution >= 0.6 is 11.8 Å². The highest BCUT2D eigenvalue weighted by molar-refractivity contribution is 8.00. The molecule has 4 nitrogen and oxygen atoms in total. The Morgan fingerprint density at radius 3 is 2.65 bits per heavy atom. The Labute approximate surface area is 123 Å². The summed E-state index contributed by atoms with van der Waals surface area (Å²) in [5.74, 6) is -0.833. The van der Waals surface area contributed by atoms with Gasteiger partial charge in [0.1, 0.15) is 0 Å². The quantitative estimate of drug-likeness (QED) is 0.867. The van der Waals surface area contributed by atoms with Crippen LogP contribution in [0.4, 0.5) is 0 Å². The molecule has 0 spiro atoms. The summed E-state index contributed by atoms with van der Waals surface area (Å²) >= 11 is 1.50. The van der Waals surface area contributed by atoms with Gasteiger partial charge in [-0.15, -0.1) is 11.8 Å². The van der Waals surface area contributed by atoms with Gasteiger partial charge >= 0.3 is 5.97 Å². The molecule has 108 valence electrons. The van der Waals surface area contributed by atoms with Crippen molar-refractivity contribution < 1.29 is 14.7 Å². The third-order valence-electron chi connectivity index (χ3n) is 3.66. The molecule has 0 aromatic heterocycles. The van der Waals surface area contributed by atoms with Crippen molar-refractivity contribution in [1.29, 1.82) is 0 Å².